The molecule has 0 aromatic heterocycles. The van der Waals surface area contributed by atoms with Crippen molar-refractivity contribution in [1.82, 2.24) is 10.6 Å². The second kappa shape index (κ2) is 14.1. The van der Waals surface area contributed by atoms with Gasteiger partial charge >= 0.3 is 0 Å². The number of allylic oxidation sites excluding steroid dienone is 1. The van der Waals surface area contributed by atoms with E-state index in [4.69, 9.17) is 5.11 Å². The summed E-state index contributed by atoms with van der Waals surface area (Å²) < 4.78 is 0. The van der Waals surface area contributed by atoms with Crippen LogP contribution >= 0.6 is 22.5 Å². The van der Waals surface area contributed by atoms with Gasteiger partial charge in [-0.25, -0.2) is 0 Å². The first-order chi connectivity index (χ1) is 14.5. The summed E-state index contributed by atoms with van der Waals surface area (Å²) in [5.41, 5.74) is 2.97. The van der Waals surface area contributed by atoms with E-state index in [9.17, 15) is 0 Å². The summed E-state index contributed by atoms with van der Waals surface area (Å²) in [6.07, 6.45) is 15.5. The molecule has 0 spiro atoms. The van der Waals surface area contributed by atoms with Gasteiger partial charge in [0.05, 0.1) is 6.61 Å². The van der Waals surface area contributed by atoms with E-state index in [0.29, 0.717) is 29.8 Å². The van der Waals surface area contributed by atoms with Crippen molar-refractivity contribution in [3.8, 4) is 0 Å². The summed E-state index contributed by atoms with van der Waals surface area (Å²) in [5, 5.41) is 16.3. The number of aliphatic hydroxyl groups is 1. The van der Waals surface area contributed by atoms with Gasteiger partial charge in [-0.3, -0.25) is 0 Å². The molecule has 2 saturated carbocycles. The van der Waals surface area contributed by atoms with Gasteiger partial charge in [-0.1, -0.05) is 75.0 Å². The molecule has 0 bridgehead atoms. The fourth-order valence-electron chi connectivity index (χ4n) is 5.53. The maximum absolute atomic E-state index is 9.06. The Balaban J connectivity index is 1.93. The minimum atomic E-state index is 0.196. The lowest BCUT2D eigenvalue weighted by molar-refractivity contribution is 0.226. The first-order valence-electron chi connectivity index (χ1n) is 12.2. The van der Waals surface area contributed by atoms with E-state index in [-0.39, 0.29) is 6.61 Å². The molecule has 0 radical (unpaired) electrons. The third-order valence-electron chi connectivity index (χ3n) is 7.32. The number of hydrogen-bond donors (Lipinski definition) is 4. The topological polar surface area (TPSA) is 44.3 Å². The van der Waals surface area contributed by atoms with Crippen LogP contribution in [0, 0.1) is 17.3 Å². The number of aliphatic hydroxyl groups excluding tert-OH is 1. The predicted octanol–water partition coefficient (Wildman–Crippen LogP) is 6.12. The fourth-order valence-corrected chi connectivity index (χ4v) is 6.25. The molecule has 2 aliphatic carbocycles. The summed E-state index contributed by atoms with van der Waals surface area (Å²) in [7, 11) is 1.65. The third kappa shape index (κ3) is 9.18. The van der Waals surface area contributed by atoms with Gasteiger partial charge in [-0.2, -0.15) is 0 Å². The molecule has 0 aromatic carbocycles. The SMILES string of the molecule is C=C(CC1(C)CCCCCCCC1)NC1CC(=C)C(CNCCO)CC1CCSS. The zero-order valence-electron chi connectivity index (χ0n) is 19.3. The van der Waals surface area contributed by atoms with Crippen molar-refractivity contribution in [2.45, 2.75) is 90.0 Å². The van der Waals surface area contributed by atoms with Crippen LogP contribution in [0.25, 0.3) is 0 Å². The maximum atomic E-state index is 9.06. The molecule has 30 heavy (non-hydrogen) atoms. The lowest BCUT2D eigenvalue weighted by Gasteiger charge is -2.40. The second-order valence-electron chi connectivity index (χ2n) is 10.1. The number of rotatable bonds is 11. The molecule has 5 heteroatoms. The van der Waals surface area contributed by atoms with Crippen molar-refractivity contribution >= 4 is 22.5 Å². The summed E-state index contributed by atoms with van der Waals surface area (Å²) in [6.45, 7) is 13.2. The van der Waals surface area contributed by atoms with E-state index in [1.165, 1.54) is 69.1 Å². The standard InChI is InChI=1S/C25H46N2OS2/c1-20-16-24(22(10-15-30-29)17-23(20)19-26-13-14-28)27-21(2)18-25(3)11-8-6-4-5-7-9-12-25/h22-24,26-29H,1-2,4-19H2,3H3. The van der Waals surface area contributed by atoms with Gasteiger partial charge in [-0.15, -0.1) is 11.7 Å². The zero-order chi connectivity index (χ0) is 21.8. The smallest absolute Gasteiger partial charge is 0.0555 e. The molecule has 3 unspecified atom stereocenters. The minimum absolute atomic E-state index is 0.196. The molecule has 0 saturated heterocycles. The monoisotopic (exact) mass is 454 g/mol. The van der Waals surface area contributed by atoms with Crippen molar-refractivity contribution in [2.24, 2.45) is 17.3 Å². The summed E-state index contributed by atoms with van der Waals surface area (Å²) >= 11 is 4.38. The van der Waals surface area contributed by atoms with Crippen LogP contribution in [0.5, 0.6) is 0 Å². The lowest BCUT2D eigenvalue weighted by atomic mass is 9.73. The number of nitrogens with one attached hydrogen (secondary N) is 2. The highest BCUT2D eigenvalue weighted by molar-refractivity contribution is 8.68. The fraction of sp³-hybridized carbons (Fsp3) is 0.840. The van der Waals surface area contributed by atoms with Crippen molar-refractivity contribution in [3.63, 3.8) is 0 Å². The van der Waals surface area contributed by atoms with E-state index in [1.54, 1.807) is 10.8 Å². The van der Waals surface area contributed by atoms with Crippen LogP contribution in [0.2, 0.25) is 0 Å². The van der Waals surface area contributed by atoms with Gasteiger partial charge < -0.3 is 15.7 Å². The Labute approximate surface area is 195 Å². The molecule has 174 valence electrons. The Bertz CT molecular complexity index is 515. The highest BCUT2D eigenvalue weighted by atomic mass is 33.1. The minimum Gasteiger partial charge on any atom is -0.395 e. The highest BCUT2D eigenvalue weighted by Gasteiger charge is 2.33. The molecular formula is C25H46N2OS2. The van der Waals surface area contributed by atoms with E-state index in [1.807, 2.05) is 0 Å². The third-order valence-corrected chi connectivity index (χ3v) is 8.28. The van der Waals surface area contributed by atoms with Gasteiger partial charge in [0.25, 0.3) is 0 Å². The molecule has 0 aliphatic heterocycles. The molecule has 0 heterocycles. The number of thiol groups is 1. The van der Waals surface area contributed by atoms with Crippen LogP contribution in [0.4, 0.5) is 0 Å². The van der Waals surface area contributed by atoms with Gasteiger partial charge in [0, 0.05) is 30.6 Å². The van der Waals surface area contributed by atoms with Crippen molar-refractivity contribution < 1.29 is 5.11 Å². The van der Waals surface area contributed by atoms with Crippen LogP contribution in [0.3, 0.4) is 0 Å². The molecule has 3 atom stereocenters. The number of hydrogen-bond acceptors (Lipinski definition) is 5. The van der Waals surface area contributed by atoms with E-state index >= 15 is 0 Å². The average molecular weight is 455 g/mol. The lowest BCUT2D eigenvalue weighted by Crippen LogP contribution is -2.43. The van der Waals surface area contributed by atoms with Crippen LogP contribution in [0.1, 0.15) is 84.0 Å². The molecule has 0 aromatic rings. The second-order valence-corrected chi connectivity index (χ2v) is 11.5. The average Bonchev–Trinajstić information content (AvgIpc) is 2.80. The van der Waals surface area contributed by atoms with Crippen LogP contribution in [0.15, 0.2) is 24.4 Å². The summed E-state index contributed by atoms with van der Waals surface area (Å²) in [4.78, 5) is 0. The zero-order valence-corrected chi connectivity index (χ0v) is 21.0. The van der Waals surface area contributed by atoms with Crippen molar-refractivity contribution in [2.75, 3.05) is 25.4 Å². The van der Waals surface area contributed by atoms with Gasteiger partial charge in [-0.05, 0) is 55.8 Å². The van der Waals surface area contributed by atoms with Crippen LogP contribution < -0.4 is 10.6 Å². The molecule has 3 nitrogen and oxygen atoms in total. The van der Waals surface area contributed by atoms with Crippen LogP contribution in [-0.2, 0) is 0 Å². The van der Waals surface area contributed by atoms with E-state index < -0.39 is 0 Å². The van der Waals surface area contributed by atoms with E-state index in [2.05, 4.69) is 42.4 Å². The summed E-state index contributed by atoms with van der Waals surface area (Å²) in [6, 6.07) is 0.444. The van der Waals surface area contributed by atoms with Crippen molar-refractivity contribution in [3.05, 3.63) is 24.4 Å². The van der Waals surface area contributed by atoms with Crippen molar-refractivity contribution in [1.29, 1.82) is 0 Å². The summed E-state index contributed by atoms with van der Waals surface area (Å²) in [5.74, 6) is 2.21. The quantitative estimate of drug-likeness (QED) is 0.131. The Morgan fingerprint density at radius 3 is 2.50 bits per heavy atom. The molecule has 2 rings (SSSR count). The maximum Gasteiger partial charge on any atom is 0.0555 e. The molecule has 2 aliphatic rings. The predicted molar refractivity (Wildman–Crippen MR) is 137 cm³/mol. The normalized spacial score (nSPS) is 27.7. The first kappa shape index (κ1) is 26.2. The van der Waals surface area contributed by atoms with Gasteiger partial charge in [0.2, 0.25) is 0 Å². The van der Waals surface area contributed by atoms with Crippen LogP contribution in [-0.4, -0.2) is 36.6 Å². The highest BCUT2D eigenvalue weighted by Crippen LogP contribution is 2.40. The Kier molecular flexibility index (Phi) is 12.3. The molecule has 3 N–H and O–H groups in total. The Morgan fingerprint density at radius 2 is 1.87 bits per heavy atom. The molecule has 2 fully saturated rings. The Morgan fingerprint density at radius 1 is 1.20 bits per heavy atom. The van der Waals surface area contributed by atoms with Gasteiger partial charge in [0.1, 0.15) is 0 Å². The molecular weight excluding hydrogens is 408 g/mol. The first-order valence-corrected chi connectivity index (χ1v) is 14.2. The van der Waals surface area contributed by atoms with E-state index in [0.717, 1.165) is 31.6 Å². The largest absolute Gasteiger partial charge is 0.395 e. The van der Waals surface area contributed by atoms with Gasteiger partial charge in [0.15, 0.2) is 0 Å². The Hall–Kier alpha value is -0.100. The molecule has 0 amide bonds.